The number of aromatic nitrogens is 1. The maximum Gasteiger partial charge on any atom is 0.153 e. The summed E-state index contributed by atoms with van der Waals surface area (Å²) in [6, 6.07) is 5.46. The maximum absolute atomic E-state index is 8.78. The lowest BCUT2D eigenvalue weighted by atomic mass is 10.1. The normalized spacial score (nSPS) is 16.1. The van der Waals surface area contributed by atoms with Crippen LogP contribution in [-0.4, -0.2) is 18.1 Å². The van der Waals surface area contributed by atoms with Gasteiger partial charge < -0.3 is 10.6 Å². The number of anilines is 2. The third-order valence-corrected chi connectivity index (χ3v) is 2.68. The molecule has 0 radical (unpaired) electrons. The second-order valence-electron chi connectivity index (χ2n) is 3.77. The second kappa shape index (κ2) is 4.18. The lowest BCUT2D eigenvalue weighted by Crippen LogP contribution is -2.31. The molecular formula is C11H14N4. The van der Waals surface area contributed by atoms with Crippen molar-refractivity contribution in [2.75, 3.05) is 23.7 Å². The van der Waals surface area contributed by atoms with Crippen molar-refractivity contribution in [2.24, 2.45) is 0 Å². The van der Waals surface area contributed by atoms with Gasteiger partial charge in [0, 0.05) is 13.1 Å². The molecule has 1 aromatic heterocycles. The van der Waals surface area contributed by atoms with Crippen LogP contribution in [0.15, 0.2) is 12.1 Å². The van der Waals surface area contributed by atoms with E-state index in [1.807, 2.05) is 6.07 Å². The lowest BCUT2D eigenvalue weighted by molar-refractivity contribution is 0.574. The number of rotatable bonds is 1. The first kappa shape index (κ1) is 9.78. The van der Waals surface area contributed by atoms with Gasteiger partial charge in [0.05, 0.1) is 5.69 Å². The van der Waals surface area contributed by atoms with Crippen LogP contribution < -0.4 is 10.6 Å². The summed E-state index contributed by atoms with van der Waals surface area (Å²) in [6.45, 7) is 1.98. The van der Waals surface area contributed by atoms with Crippen molar-refractivity contribution in [1.82, 2.24) is 4.98 Å². The molecule has 1 aromatic rings. The average molecular weight is 202 g/mol. The fourth-order valence-electron chi connectivity index (χ4n) is 1.88. The minimum absolute atomic E-state index is 0.435. The van der Waals surface area contributed by atoms with Gasteiger partial charge in [0.15, 0.2) is 5.82 Å². The number of hydrogen-bond donors (Lipinski definition) is 1. The van der Waals surface area contributed by atoms with E-state index in [1.54, 1.807) is 12.1 Å². The Bertz CT molecular complexity index is 388. The van der Waals surface area contributed by atoms with Crippen molar-refractivity contribution in [2.45, 2.75) is 19.3 Å². The number of pyridine rings is 1. The molecule has 1 fully saturated rings. The van der Waals surface area contributed by atoms with Crippen LogP contribution in [0.2, 0.25) is 0 Å². The number of nitrogen functional groups attached to an aromatic ring is 1. The average Bonchev–Trinajstić information content (AvgIpc) is 2.31. The van der Waals surface area contributed by atoms with E-state index in [2.05, 4.69) is 9.88 Å². The molecule has 2 rings (SSSR count). The highest BCUT2D eigenvalue weighted by Crippen LogP contribution is 2.23. The van der Waals surface area contributed by atoms with Gasteiger partial charge in [-0.25, -0.2) is 4.98 Å². The minimum atomic E-state index is 0.435. The summed E-state index contributed by atoms with van der Waals surface area (Å²) in [7, 11) is 0. The highest BCUT2D eigenvalue weighted by atomic mass is 15.2. The van der Waals surface area contributed by atoms with E-state index < -0.39 is 0 Å². The summed E-state index contributed by atoms with van der Waals surface area (Å²) in [6.07, 6.45) is 3.63. The molecule has 0 atom stereocenters. The van der Waals surface area contributed by atoms with Crippen LogP contribution in [0.1, 0.15) is 25.0 Å². The Morgan fingerprint density at radius 3 is 2.67 bits per heavy atom. The second-order valence-corrected chi connectivity index (χ2v) is 3.77. The summed E-state index contributed by atoms with van der Waals surface area (Å²) in [4.78, 5) is 6.42. The molecule has 15 heavy (non-hydrogen) atoms. The molecule has 1 aliphatic rings. The largest absolute Gasteiger partial charge is 0.396 e. The van der Waals surface area contributed by atoms with Gasteiger partial charge in [-0.3, -0.25) is 0 Å². The minimum Gasteiger partial charge on any atom is -0.396 e. The first-order valence-corrected chi connectivity index (χ1v) is 5.23. The fraction of sp³-hybridized carbons (Fsp3) is 0.455. The Morgan fingerprint density at radius 2 is 2.00 bits per heavy atom. The van der Waals surface area contributed by atoms with Crippen LogP contribution in [0, 0.1) is 11.3 Å². The zero-order valence-electron chi connectivity index (χ0n) is 8.61. The molecule has 1 aliphatic heterocycles. The number of nitrogens with zero attached hydrogens (tertiary/aromatic N) is 3. The zero-order valence-corrected chi connectivity index (χ0v) is 8.61. The molecule has 0 aromatic carbocycles. The molecule has 0 bridgehead atoms. The van der Waals surface area contributed by atoms with E-state index in [0.29, 0.717) is 11.4 Å². The van der Waals surface area contributed by atoms with Gasteiger partial charge >= 0.3 is 0 Å². The fourth-order valence-corrected chi connectivity index (χ4v) is 1.88. The summed E-state index contributed by atoms with van der Waals surface area (Å²) >= 11 is 0. The number of piperidine rings is 1. The molecule has 2 N–H and O–H groups in total. The molecule has 0 aliphatic carbocycles. The summed E-state index contributed by atoms with van der Waals surface area (Å²) in [5, 5.41) is 8.78. The first-order chi connectivity index (χ1) is 7.31. The summed E-state index contributed by atoms with van der Waals surface area (Å²) in [5.74, 6) is 0.772. The van der Waals surface area contributed by atoms with Crippen molar-refractivity contribution in [3.8, 4) is 6.07 Å². The van der Waals surface area contributed by atoms with Gasteiger partial charge in [-0.05, 0) is 31.4 Å². The highest BCUT2D eigenvalue weighted by molar-refractivity contribution is 5.63. The van der Waals surface area contributed by atoms with Crippen molar-refractivity contribution in [3.05, 3.63) is 17.8 Å². The molecule has 2 heterocycles. The van der Waals surface area contributed by atoms with Crippen LogP contribution in [0.5, 0.6) is 0 Å². The lowest BCUT2D eigenvalue weighted by Gasteiger charge is -2.28. The monoisotopic (exact) mass is 202 g/mol. The third kappa shape index (κ3) is 2.01. The molecular weight excluding hydrogens is 188 g/mol. The van der Waals surface area contributed by atoms with Crippen molar-refractivity contribution in [1.29, 1.82) is 5.26 Å². The standard InChI is InChI=1S/C11H14N4/c12-8-9-4-5-10(13)11(14-9)15-6-2-1-3-7-15/h4-5H,1-3,6-7,13H2. The van der Waals surface area contributed by atoms with Crippen LogP contribution in [0.4, 0.5) is 11.5 Å². The van der Waals surface area contributed by atoms with E-state index in [-0.39, 0.29) is 0 Å². The van der Waals surface area contributed by atoms with Crippen molar-refractivity contribution in [3.63, 3.8) is 0 Å². The van der Waals surface area contributed by atoms with E-state index in [4.69, 9.17) is 11.0 Å². The Morgan fingerprint density at radius 1 is 1.27 bits per heavy atom. The Labute approximate surface area is 89.3 Å². The van der Waals surface area contributed by atoms with Gasteiger partial charge in [-0.2, -0.15) is 5.26 Å². The molecule has 1 saturated heterocycles. The van der Waals surface area contributed by atoms with Crippen LogP contribution in [0.25, 0.3) is 0 Å². The Kier molecular flexibility index (Phi) is 2.72. The van der Waals surface area contributed by atoms with E-state index in [9.17, 15) is 0 Å². The molecule has 0 spiro atoms. The number of nitrogens with two attached hydrogens (primary N) is 1. The van der Waals surface area contributed by atoms with Crippen LogP contribution >= 0.6 is 0 Å². The Balaban J connectivity index is 2.29. The van der Waals surface area contributed by atoms with Gasteiger partial charge in [0.2, 0.25) is 0 Å². The molecule has 0 saturated carbocycles. The van der Waals surface area contributed by atoms with Gasteiger partial charge in [0.1, 0.15) is 11.8 Å². The topological polar surface area (TPSA) is 65.9 Å². The van der Waals surface area contributed by atoms with Crippen LogP contribution in [0.3, 0.4) is 0 Å². The van der Waals surface area contributed by atoms with Gasteiger partial charge in [0.25, 0.3) is 0 Å². The molecule has 78 valence electrons. The Hall–Kier alpha value is -1.76. The van der Waals surface area contributed by atoms with Crippen molar-refractivity contribution < 1.29 is 0 Å². The summed E-state index contributed by atoms with van der Waals surface area (Å²) in [5.41, 5.74) is 6.96. The third-order valence-electron chi connectivity index (χ3n) is 2.68. The maximum atomic E-state index is 8.78. The zero-order chi connectivity index (χ0) is 10.7. The SMILES string of the molecule is N#Cc1ccc(N)c(N2CCCCC2)n1. The molecule has 0 amide bonds. The van der Waals surface area contributed by atoms with Gasteiger partial charge in [-0.15, -0.1) is 0 Å². The van der Waals surface area contributed by atoms with Gasteiger partial charge in [-0.1, -0.05) is 0 Å². The molecule has 4 nitrogen and oxygen atoms in total. The predicted octanol–water partition coefficient (Wildman–Crippen LogP) is 1.53. The first-order valence-electron chi connectivity index (χ1n) is 5.23. The van der Waals surface area contributed by atoms with Crippen molar-refractivity contribution >= 4 is 11.5 Å². The summed E-state index contributed by atoms with van der Waals surface area (Å²) < 4.78 is 0. The van der Waals surface area contributed by atoms with E-state index >= 15 is 0 Å². The van der Waals surface area contributed by atoms with Crippen LogP contribution in [-0.2, 0) is 0 Å². The van der Waals surface area contributed by atoms with E-state index in [0.717, 1.165) is 18.9 Å². The van der Waals surface area contributed by atoms with E-state index in [1.165, 1.54) is 19.3 Å². The number of nitriles is 1. The quantitative estimate of drug-likeness (QED) is 0.750. The highest BCUT2D eigenvalue weighted by Gasteiger charge is 2.15. The predicted molar refractivity (Wildman–Crippen MR) is 59.4 cm³/mol. The number of hydrogen-bond acceptors (Lipinski definition) is 4. The molecule has 4 heteroatoms. The molecule has 0 unspecified atom stereocenters. The smallest absolute Gasteiger partial charge is 0.153 e.